The smallest absolute Gasteiger partial charge is 0.410 e. The molecule has 0 bridgehead atoms. The summed E-state index contributed by atoms with van der Waals surface area (Å²) in [5.41, 5.74) is 0.563. The van der Waals surface area contributed by atoms with Crippen LogP contribution in [0.3, 0.4) is 0 Å². The molecule has 0 spiro atoms. The molecule has 1 aromatic rings. The Hall–Kier alpha value is -1.83. The Morgan fingerprint density at radius 3 is 2.46 bits per heavy atom. The van der Waals surface area contributed by atoms with Gasteiger partial charge >= 0.3 is 6.09 Å². The highest BCUT2D eigenvalue weighted by Crippen LogP contribution is 2.16. The largest absolute Gasteiger partial charge is 0.444 e. The summed E-state index contributed by atoms with van der Waals surface area (Å²) in [7, 11) is 1.73. The summed E-state index contributed by atoms with van der Waals surface area (Å²) in [5, 5.41) is 7.60. The van der Waals surface area contributed by atoms with Crippen LogP contribution in [0.2, 0.25) is 0 Å². The number of thiazole rings is 1. The second kappa shape index (κ2) is 10.4. The van der Waals surface area contributed by atoms with Crippen LogP contribution >= 0.6 is 11.3 Å². The molecule has 0 saturated carbocycles. The van der Waals surface area contributed by atoms with Gasteiger partial charge in [-0.3, -0.25) is 4.99 Å². The fourth-order valence-corrected chi connectivity index (χ4v) is 3.20. The maximum atomic E-state index is 12.3. The number of guanidine groups is 1. The number of amides is 1. The minimum atomic E-state index is -0.487. The van der Waals surface area contributed by atoms with E-state index in [1.54, 1.807) is 23.3 Å². The molecule has 8 heteroatoms. The van der Waals surface area contributed by atoms with Crippen molar-refractivity contribution in [1.29, 1.82) is 0 Å². The van der Waals surface area contributed by atoms with Crippen LogP contribution < -0.4 is 10.6 Å². The van der Waals surface area contributed by atoms with E-state index in [4.69, 9.17) is 4.74 Å². The van der Waals surface area contributed by atoms with Crippen molar-refractivity contribution < 1.29 is 9.53 Å². The van der Waals surface area contributed by atoms with Crippen molar-refractivity contribution in [2.75, 3.05) is 26.7 Å². The molecule has 148 valence electrons. The van der Waals surface area contributed by atoms with Crippen molar-refractivity contribution in [2.45, 2.75) is 60.1 Å². The van der Waals surface area contributed by atoms with Crippen LogP contribution in [0.25, 0.3) is 0 Å². The van der Waals surface area contributed by atoms with Gasteiger partial charge in [0.05, 0.1) is 17.2 Å². The van der Waals surface area contributed by atoms with E-state index in [1.807, 2.05) is 41.5 Å². The van der Waals surface area contributed by atoms with Crippen LogP contribution in [-0.2, 0) is 11.3 Å². The van der Waals surface area contributed by atoms with Gasteiger partial charge in [0.25, 0.3) is 0 Å². The van der Waals surface area contributed by atoms with Crippen LogP contribution in [0, 0.1) is 13.8 Å². The third kappa shape index (κ3) is 8.03. The highest BCUT2D eigenvalue weighted by molar-refractivity contribution is 7.11. The summed E-state index contributed by atoms with van der Waals surface area (Å²) in [6, 6.07) is 0. The molecule has 7 nitrogen and oxygen atoms in total. The maximum Gasteiger partial charge on any atom is 0.410 e. The first-order chi connectivity index (χ1) is 12.2. The lowest BCUT2D eigenvalue weighted by atomic mass is 10.2. The maximum absolute atomic E-state index is 12.3. The molecule has 0 aliphatic rings. The number of aliphatic imine (C=N–C) groups is 1. The van der Waals surface area contributed by atoms with Crippen molar-refractivity contribution in [3.8, 4) is 0 Å². The lowest BCUT2D eigenvalue weighted by molar-refractivity contribution is 0.0253. The van der Waals surface area contributed by atoms with Crippen LogP contribution in [0.15, 0.2) is 4.99 Å². The Balaban J connectivity index is 2.48. The molecule has 2 N–H and O–H groups in total. The first kappa shape index (κ1) is 22.2. The van der Waals surface area contributed by atoms with Gasteiger partial charge in [-0.1, -0.05) is 6.92 Å². The second-order valence-electron chi connectivity index (χ2n) is 7.06. The molecule has 1 rings (SSSR count). The molecule has 1 amide bonds. The molecule has 1 heterocycles. The molecule has 1 aromatic heterocycles. The first-order valence-electron chi connectivity index (χ1n) is 9.01. The van der Waals surface area contributed by atoms with E-state index in [0.29, 0.717) is 32.1 Å². The summed E-state index contributed by atoms with van der Waals surface area (Å²) < 4.78 is 5.46. The summed E-state index contributed by atoms with van der Waals surface area (Å²) in [4.78, 5) is 23.9. The summed E-state index contributed by atoms with van der Waals surface area (Å²) in [6.07, 6.45) is 0.607. The molecule has 0 atom stereocenters. The normalized spacial score (nSPS) is 12.0. The molecule has 0 aromatic carbocycles. The van der Waals surface area contributed by atoms with E-state index >= 15 is 0 Å². The number of aromatic nitrogens is 1. The monoisotopic (exact) mass is 383 g/mol. The highest BCUT2D eigenvalue weighted by atomic mass is 32.1. The number of carbonyl (C=O) groups is 1. The average molecular weight is 384 g/mol. The fraction of sp³-hybridized carbons (Fsp3) is 0.722. The van der Waals surface area contributed by atoms with Crippen molar-refractivity contribution in [1.82, 2.24) is 20.5 Å². The number of nitrogens with one attached hydrogen (secondary N) is 2. The van der Waals surface area contributed by atoms with Crippen molar-refractivity contribution >= 4 is 23.4 Å². The SMILES string of the molecule is CCCN(CCNC(=NC)NCc1sc(C)nc1C)C(=O)OC(C)(C)C. The number of rotatable bonds is 7. The molecule has 0 aliphatic carbocycles. The van der Waals surface area contributed by atoms with Gasteiger partial charge in [-0.05, 0) is 41.0 Å². The van der Waals surface area contributed by atoms with Crippen LogP contribution in [0.4, 0.5) is 4.79 Å². The van der Waals surface area contributed by atoms with Gasteiger partial charge in [-0.15, -0.1) is 11.3 Å². The molecule has 0 saturated heterocycles. The minimum absolute atomic E-state index is 0.278. The highest BCUT2D eigenvalue weighted by Gasteiger charge is 2.21. The molecule has 0 radical (unpaired) electrons. The molecule has 0 aliphatic heterocycles. The van der Waals surface area contributed by atoms with E-state index in [1.165, 1.54) is 4.88 Å². The molecule has 0 fully saturated rings. The quantitative estimate of drug-likeness (QED) is 0.559. The van der Waals surface area contributed by atoms with E-state index in [9.17, 15) is 4.79 Å². The fourth-order valence-electron chi connectivity index (χ4n) is 2.32. The molecule has 26 heavy (non-hydrogen) atoms. The van der Waals surface area contributed by atoms with Gasteiger partial charge in [0, 0.05) is 31.6 Å². The Morgan fingerprint density at radius 1 is 1.27 bits per heavy atom. The van der Waals surface area contributed by atoms with E-state index in [-0.39, 0.29) is 6.09 Å². The van der Waals surface area contributed by atoms with Gasteiger partial charge in [0.1, 0.15) is 5.60 Å². The molecular weight excluding hydrogens is 350 g/mol. The topological polar surface area (TPSA) is 78.9 Å². The van der Waals surface area contributed by atoms with E-state index in [2.05, 4.69) is 20.6 Å². The van der Waals surface area contributed by atoms with Crippen LogP contribution in [-0.4, -0.2) is 54.2 Å². The third-order valence-corrected chi connectivity index (χ3v) is 4.53. The Labute approximate surface area is 161 Å². The van der Waals surface area contributed by atoms with Crippen LogP contribution in [0.5, 0.6) is 0 Å². The number of ether oxygens (including phenoxy) is 1. The zero-order valence-electron chi connectivity index (χ0n) is 17.1. The lowest BCUT2D eigenvalue weighted by Gasteiger charge is -2.27. The Bertz CT molecular complexity index is 607. The summed E-state index contributed by atoms with van der Waals surface area (Å²) in [6.45, 7) is 14.2. The van der Waals surface area contributed by atoms with Crippen molar-refractivity contribution in [3.63, 3.8) is 0 Å². The van der Waals surface area contributed by atoms with E-state index < -0.39 is 5.60 Å². The Kier molecular flexibility index (Phi) is 8.84. The second-order valence-corrected chi connectivity index (χ2v) is 8.35. The van der Waals surface area contributed by atoms with Crippen molar-refractivity contribution in [3.05, 3.63) is 15.6 Å². The molecule has 0 unspecified atom stereocenters. The zero-order valence-corrected chi connectivity index (χ0v) is 17.9. The standard InChI is InChI=1S/C18H33N5O2S/c1-8-10-23(17(24)25-18(4,5)6)11-9-20-16(19-7)21-12-15-13(2)22-14(3)26-15/h8-12H2,1-7H3,(H2,19,20,21). The van der Waals surface area contributed by atoms with Gasteiger partial charge in [0.15, 0.2) is 5.96 Å². The van der Waals surface area contributed by atoms with Crippen LogP contribution in [0.1, 0.15) is 49.7 Å². The van der Waals surface area contributed by atoms with Gasteiger partial charge in [-0.25, -0.2) is 9.78 Å². The lowest BCUT2D eigenvalue weighted by Crippen LogP contribution is -2.44. The van der Waals surface area contributed by atoms with Gasteiger partial charge in [-0.2, -0.15) is 0 Å². The number of nitrogens with zero attached hydrogens (tertiary/aromatic N) is 3. The predicted octanol–water partition coefficient (Wildman–Crippen LogP) is 3.07. The summed E-state index contributed by atoms with van der Waals surface area (Å²) in [5.74, 6) is 0.705. The summed E-state index contributed by atoms with van der Waals surface area (Å²) >= 11 is 1.69. The Morgan fingerprint density at radius 2 is 1.96 bits per heavy atom. The first-order valence-corrected chi connectivity index (χ1v) is 9.83. The average Bonchev–Trinajstić information content (AvgIpc) is 2.85. The number of aryl methyl sites for hydroxylation is 2. The number of carbonyl (C=O) groups excluding carboxylic acids is 1. The van der Waals surface area contributed by atoms with E-state index in [0.717, 1.165) is 17.1 Å². The van der Waals surface area contributed by atoms with Crippen molar-refractivity contribution in [2.24, 2.45) is 4.99 Å². The minimum Gasteiger partial charge on any atom is -0.444 e. The zero-order chi connectivity index (χ0) is 19.7. The number of hydrogen-bond donors (Lipinski definition) is 2. The molecular formula is C18H33N5O2S. The number of hydrogen-bond acceptors (Lipinski definition) is 5. The predicted molar refractivity (Wildman–Crippen MR) is 108 cm³/mol. The third-order valence-electron chi connectivity index (χ3n) is 3.46. The van der Waals surface area contributed by atoms with Gasteiger partial charge in [0.2, 0.25) is 0 Å². The van der Waals surface area contributed by atoms with Gasteiger partial charge < -0.3 is 20.3 Å².